The predicted molar refractivity (Wildman–Crippen MR) is 93.7 cm³/mol. The van der Waals surface area contributed by atoms with Crippen molar-refractivity contribution in [1.29, 1.82) is 0 Å². The number of urea groups is 1. The molecule has 2 amide bonds. The summed E-state index contributed by atoms with van der Waals surface area (Å²) >= 11 is 0. The summed E-state index contributed by atoms with van der Waals surface area (Å²) in [5.74, 6) is 0. The van der Waals surface area contributed by atoms with Crippen LogP contribution >= 0.6 is 0 Å². The Bertz CT molecular complexity index is 838. The molecule has 0 heterocycles. The number of rotatable bonds is 3. The maximum atomic E-state index is 12.2. The highest BCUT2D eigenvalue weighted by Crippen LogP contribution is 2.23. The normalized spacial score (nSPS) is 11.9. The van der Waals surface area contributed by atoms with Gasteiger partial charge in [0.15, 0.2) is 0 Å². The van der Waals surface area contributed by atoms with E-state index < -0.39 is 6.10 Å². The lowest BCUT2D eigenvalue weighted by Crippen LogP contribution is -2.19. The zero-order valence-electron chi connectivity index (χ0n) is 12.8. The summed E-state index contributed by atoms with van der Waals surface area (Å²) in [6.45, 7) is 1.69. The summed E-state index contributed by atoms with van der Waals surface area (Å²) in [5.41, 5.74) is 2.15. The number of carbonyl (C=O) groups excluding carboxylic acids is 1. The molecular weight excluding hydrogens is 288 g/mol. The number of hydrogen-bond acceptors (Lipinski definition) is 2. The number of aliphatic hydroxyl groups is 1. The Kier molecular flexibility index (Phi) is 4.26. The Morgan fingerprint density at radius 1 is 0.957 bits per heavy atom. The van der Waals surface area contributed by atoms with Gasteiger partial charge in [-0.3, -0.25) is 0 Å². The third kappa shape index (κ3) is 3.49. The molecule has 0 aromatic heterocycles. The van der Waals surface area contributed by atoms with Gasteiger partial charge in [-0.25, -0.2) is 4.79 Å². The zero-order valence-corrected chi connectivity index (χ0v) is 12.8. The predicted octanol–water partition coefficient (Wildman–Crippen LogP) is 4.54. The van der Waals surface area contributed by atoms with Crippen molar-refractivity contribution >= 4 is 28.2 Å². The summed E-state index contributed by atoms with van der Waals surface area (Å²) in [6.07, 6.45) is -0.571. The molecule has 0 bridgehead atoms. The van der Waals surface area contributed by atoms with E-state index in [1.807, 2.05) is 48.5 Å². The standard InChI is InChI=1S/C19H18N2O2/c1-13(22)15-8-4-9-16(12-15)20-19(23)21-18-11-5-7-14-6-2-3-10-17(14)18/h2-13,22H,1H3,(H2,20,21,23)/t13-/m0/s1. The van der Waals surface area contributed by atoms with E-state index in [1.54, 1.807) is 25.1 Å². The molecule has 3 rings (SSSR count). The van der Waals surface area contributed by atoms with Crippen molar-refractivity contribution in [3.05, 3.63) is 72.3 Å². The van der Waals surface area contributed by atoms with Crippen molar-refractivity contribution in [2.45, 2.75) is 13.0 Å². The monoisotopic (exact) mass is 306 g/mol. The molecule has 0 aliphatic heterocycles. The molecule has 0 unspecified atom stereocenters. The van der Waals surface area contributed by atoms with Gasteiger partial charge in [0.2, 0.25) is 0 Å². The highest BCUT2D eigenvalue weighted by molar-refractivity contribution is 6.06. The van der Waals surface area contributed by atoms with E-state index in [1.165, 1.54) is 0 Å². The first-order chi connectivity index (χ1) is 11.1. The molecule has 0 saturated carbocycles. The molecule has 23 heavy (non-hydrogen) atoms. The number of anilines is 2. The van der Waals surface area contributed by atoms with Crippen LogP contribution in [0.5, 0.6) is 0 Å². The number of amides is 2. The lowest BCUT2D eigenvalue weighted by molar-refractivity contribution is 0.199. The van der Waals surface area contributed by atoms with Gasteiger partial charge in [-0.15, -0.1) is 0 Å². The Balaban J connectivity index is 1.78. The lowest BCUT2D eigenvalue weighted by atomic mass is 10.1. The van der Waals surface area contributed by atoms with Crippen molar-refractivity contribution in [2.75, 3.05) is 10.6 Å². The third-order valence-electron chi connectivity index (χ3n) is 3.66. The second-order valence-corrected chi connectivity index (χ2v) is 5.41. The van der Waals surface area contributed by atoms with Crippen LogP contribution in [0.4, 0.5) is 16.2 Å². The van der Waals surface area contributed by atoms with Gasteiger partial charge in [0.25, 0.3) is 0 Å². The Labute approximate surface area is 134 Å². The fourth-order valence-electron chi connectivity index (χ4n) is 2.50. The van der Waals surface area contributed by atoms with E-state index in [4.69, 9.17) is 0 Å². The van der Waals surface area contributed by atoms with Gasteiger partial charge in [-0.1, -0.05) is 48.5 Å². The summed E-state index contributed by atoms with van der Waals surface area (Å²) in [5, 5.41) is 17.3. The van der Waals surface area contributed by atoms with Crippen LogP contribution in [0.15, 0.2) is 66.7 Å². The fraction of sp³-hybridized carbons (Fsp3) is 0.105. The molecule has 0 aliphatic rings. The molecule has 4 heteroatoms. The molecule has 3 aromatic carbocycles. The number of nitrogens with one attached hydrogen (secondary N) is 2. The van der Waals surface area contributed by atoms with Crippen LogP contribution in [0, 0.1) is 0 Å². The molecule has 116 valence electrons. The molecule has 3 aromatic rings. The number of fused-ring (bicyclic) bond motifs is 1. The SMILES string of the molecule is C[C@H](O)c1cccc(NC(=O)Nc2cccc3ccccc23)c1. The maximum absolute atomic E-state index is 12.2. The van der Waals surface area contributed by atoms with Gasteiger partial charge in [-0.05, 0) is 36.1 Å². The number of aliphatic hydroxyl groups excluding tert-OH is 1. The van der Waals surface area contributed by atoms with Crippen LogP contribution in [0.25, 0.3) is 10.8 Å². The summed E-state index contributed by atoms with van der Waals surface area (Å²) in [4.78, 5) is 12.2. The molecule has 3 N–H and O–H groups in total. The number of carbonyl (C=O) groups is 1. The first-order valence-electron chi connectivity index (χ1n) is 7.47. The highest BCUT2D eigenvalue weighted by atomic mass is 16.3. The van der Waals surface area contributed by atoms with Crippen LogP contribution < -0.4 is 10.6 Å². The van der Waals surface area contributed by atoms with E-state index in [2.05, 4.69) is 10.6 Å². The zero-order chi connectivity index (χ0) is 16.2. The number of hydrogen-bond donors (Lipinski definition) is 3. The fourth-order valence-corrected chi connectivity index (χ4v) is 2.50. The van der Waals surface area contributed by atoms with Crippen LogP contribution in [0.1, 0.15) is 18.6 Å². The first kappa shape index (κ1) is 15.1. The van der Waals surface area contributed by atoms with Gasteiger partial charge in [-0.2, -0.15) is 0 Å². The van der Waals surface area contributed by atoms with Crippen molar-refractivity contribution < 1.29 is 9.90 Å². The van der Waals surface area contributed by atoms with Crippen molar-refractivity contribution in [2.24, 2.45) is 0 Å². The minimum absolute atomic E-state index is 0.316. The van der Waals surface area contributed by atoms with Crippen LogP contribution in [0.2, 0.25) is 0 Å². The van der Waals surface area contributed by atoms with Gasteiger partial charge in [0.1, 0.15) is 0 Å². The lowest BCUT2D eigenvalue weighted by Gasteiger charge is -2.11. The highest BCUT2D eigenvalue weighted by Gasteiger charge is 2.07. The quantitative estimate of drug-likeness (QED) is 0.665. The molecular formula is C19H18N2O2. The second kappa shape index (κ2) is 6.50. The first-order valence-corrected chi connectivity index (χ1v) is 7.47. The molecule has 1 atom stereocenters. The molecule has 0 radical (unpaired) electrons. The van der Waals surface area contributed by atoms with E-state index in [9.17, 15) is 9.90 Å². The molecule has 0 fully saturated rings. The Morgan fingerprint density at radius 3 is 2.52 bits per heavy atom. The van der Waals surface area contributed by atoms with Gasteiger partial charge >= 0.3 is 6.03 Å². The molecule has 0 saturated heterocycles. The van der Waals surface area contributed by atoms with Crippen molar-refractivity contribution in [3.8, 4) is 0 Å². The van der Waals surface area contributed by atoms with Gasteiger partial charge in [0.05, 0.1) is 11.8 Å². The molecule has 0 aliphatic carbocycles. The second-order valence-electron chi connectivity index (χ2n) is 5.41. The van der Waals surface area contributed by atoms with Gasteiger partial charge in [0, 0.05) is 11.1 Å². The van der Waals surface area contributed by atoms with E-state index in [0.717, 1.165) is 22.0 Å². The van der Waals surface area contributed by atoms with E-state index in [-0.39, 0.29) is 6.03 Å². The average Bonchev–Trinajstić information content (AvgIpc) is 2.55. The molecule has 0 spiro atoms. The summed E-state index contributed by atoms with van der Waals surface area (Å²) in [6, 6.07) is 20.5. The van der Waals surface area contributed by atoms with E-state index in [0.29, 0.717) is 5.69 Å². The maximum Gasteiger partial charge on any atom is 0.323 e. The average molecular weight is 306 g/mol. The van der Waals surface area contributed by atoms with Crippen LogP contribution in [0.3, 0.4) is 0 Å². The van der Waals surface area contributed by atoms with Crippen molar-refractivity contribution in [3.63, 3.8) is 0 Å². The van der Waals surface area contributed by atoms with E-state index >= 15 is 0 Å². The van der Waals surface area contributed by atoms with Crippen LogP contribution in [-0.4, -0.2) is 11.1 Å². The topological polar surface area (TPSA) is 61.4 Å². The summed E-state index contributed by atoms with van der Waals surface area (Å²) < 4.78 is 0. The number of benzene rings is 3. The van der Waals surface area contributed by atoms with Gasteiger partial charge < -0.3 is 15.7 Å². The summed E-state index contributed by atoms with van der Waals surface area (Å²) in [7, 11) is 0. The smallest absolute Gasteiger partial charge is 0.323 e. The minimum atomic E-state index is -0.571. The Hall–Kier alpha value is -2.85. The van der Waals surface area contributed by atoms with Crippen molar-refractivity contribution in [1.82, 2.24) is 0 Å². The minimum Gasteiger partial charge on any atom is -0.389 e. The largest absolute Gasteiger partial charge is 0.389 e. The Morgan fingerprint density at radius 2 is 1.70 bits per heavy atom. The third-order valence-corrected chi connectivity index (χ3v) is 3.66. The van der Waals surface area contributed by atoms with Crippen LogP contribution in [-0.2, 0) is 0 Å². The molecule has 4 nitrogen and oxygen atoms in total.